The van der Waals surface area contributed by atoms with Gasteiger partial charge in [-0.05, 0) is 77.6 Å². The van der Waals surface area contributed by atoms with Crippen LogP contribution in [0.15, 0.2) is 21.2 Å². The average Bonchev–Trinajstić information content (AvgIpc) is 2.89. The molecular weight excluding hydrogens is 1160 g/mol. The third kappa shape index (κ3) is 31.3. The lowest BCUT2D eigenvalue weighted by molar-refractivity contribution is -0.129. The van der Waals surface area contributed by atoms with Crippen LogP contribution < -0.4 is 32.7 Å². The number of anilines is 1. The molecule has 11 N–H and O–H groups in total. The Kier molecular flexibility index (Phi) is 33.2. The maximum atomic E-state index is 13.6. The lowest BCUT2D eigenvalue weighted by Crippen LogP contribution is -2.47. The molecule has 0 saturated carbocycles. The fourth-order valence-corrected chi connectivity index (χ4v) is 10.5. The van der Waals surface area contributed by atoms with E-state index in [1.165, 1.54) is 6.20 Å². The number of aliphatic hydroxyl groups is 1. The molecule has 0 radical (unpaired) electrons. The minimum absolute atomic E-state index is 0.0206. The highest BCUT2D eigenvalue weighted by molar-refractivity contribution is 7.46. The Morgan fingerprint density at radius 1 is 0.753 bits per heavy atom. The molecule has 3 aliphatic rings. The van der Waals surface area contributed by atoms with Crippen molar-refractivity contribution < 1.29 is 95.3 Å². The number of rotatable bonds is 49. The first-order chi connectivity index (χ1) is 40.4. The van der Waals surface area contributed by atoms with E-state index in [9.17, 15) is 57.6 Å². The number of ketones is 2. The average molecular weight is 1250 g/mol. The fourth-order valence-electron chi connectivity index (χ4n) is 9.55. The van der Waals surface area contributed by atoms with Gasteiger partial charge < -0.3 is 75.4 Å². The van der Waals surface area contributed by atoms with Crippen LogP contribution in [0.3, 0.4) is 0 Å². The van der Waals surface area contributed by atoms with Gasteiger partial charge in [-0.3, -0.25) is 42.4 Å². The van der Waals surface area contributed by atoms with Gasteiger partial charge in [-0.25, -0.2) is 13.9 Å². The largest absolute Gasteiger partial charge is 0.470 e. The number of nitrogens with one attached hydrogen (secondary N) is 4. The van der Waals surface area contributed by atoms with Gasteiger partial charge in [-0.2, -0.15) is 15.2 Å². The first-order valence-corrected chi connectivity index (χ1v) is 32.5. The molecule has 4 amide bonds. The number of aromatic nitrogens is 2. The molecule has 0 aromatic carbocycles. The zero-order valence-electron chi connectivity index (χ0n) is 49.0. The molecular formula is C53H91N9O21P2. The molecule has 85 heavy (non-hydrogen) atoms. The maximum Gasteiger partial charge on any atom is 0.470 e. The predicted octanol–water partition coefficient (Wildman–Crippen LogP) is 2.64. The smallest absolute Gasteiger partial charge is 0.386 e. The predicted molar refractivity (Wildman–Crippen MR) is 304 cm³/mol. The summed E-state index contributed by atoms with van der Waals surface area (Å²) in [6.07, 6.45) is 5.77. The number of phosphoric acid groups is 2. The number of carbonyl (C=O) groups is 6. The van der Waals surface area contributed by atoms with E-state index in [0.29, 0.717) is 142 Å². The van der Waals surface area contributed by atoms with Crippen molar-refractivity contribution in [3.05, 3.63) is 22.2 Å². The number of hydrogen-bond donors (Lipinski definition) is 10. The summed E-state index contributed by atoms with van der Waals surface area (Å²) in [5, 5.41) is 30.2. The summed E-state index contributed by atoms with van der Waals surface area (Å²) in [4.78, 5) is 129. The normalized spacial score (nSPS) is 20.3. The first kappa shape index (κ1) is 73.0. The van der Waals surface area contributed by atoms with Crippen LogP contribution in [-0.4, -0.2) is 178 Å². The molecule has 2 saturated heterocycles. The number of carbonyl (C=O) groups excluding carboxylic acids is 6. The quantitative estimate of drug-likeness (QED) is 0.0331. The number of hydrogen-bond acceptors (Lipinski definition) is 21. The second kappa shape index (κ2) is 38.7. The van der Waals surface area contributed by atoms with E-state index in [1.54, 1.807) is 0 Å². The Hall–Kier alpha value is -4.52. The summed E-state index contributed by atoms with van der Waals surface area (Å²) in [6, 6.07) is -0.677. The molecule has 4 heterocycles. The molecule has 1 unspecified atom stereocenters. The Labute approximate surface area is 495 Å². The van der Waals surface area contributed by atoms with Gasteiger partial charge in [0.2, 0.25) is 23.6 Å². The van der Waals surface area contributed by atoms with Gasteiger partial charge in [0.05, 0.1) is 52.9 Å². The summed E-state index contributed by atoms with van der Waals surface area (Å²) in [7, 11) is -10.4. The van der Waals surface area contributed by atoms with Crippen LogP contribution in [-0.2, 0) is 77.0 Å². The molecule has 4 rings (SSSR count). The summed E-state index contributed by atoms with van der Waals surface area (Å²) in [5.74, 6) is -0.315. The number of aryl methyl sites for hydroxylation is 1. The number of ether oxygens (including phenoxy) is 5. The zero-order valence-corrected chi connectivity index (χ0v) is 50.8. The van der Waals surface area contributed by atoms with Crippen molar-refractivity contribution in [2.24, 2.45) is 16.1 Å². The summed E-state index contributed by atoms with van der Waals surface area (Å²) in [5.41, 5.74) is 4.77. The topological polar surface area (TPSA) is 436 Å². The van der Waals surface area contributed by atoms with Crippen molar-refractivity contribution in [1.29, 1.82) is 0 Å². The molecule has 3 aliphatic heterocycles. The number of phosphoric ester groups is 2. The Morgan fingerprint density at radius 3 is 1.99 bits per heavy atom. The van der Waals surface area contributed by atoms with Gasteiger partial charge in [0.1, 0.15) is 41.7 Å². The Bertz CT molecular complexity index is 2440. The molecule has 2 fully saturated rings. The van der Waals surface area contributed by atoms with Crippen LogP contribution in [0.1, 0.15) is 160 Å². The number of nitrogens with zero attached hydrogens (tertiary/aromatic N) is 4. The lowest BCUT2D eigenvalue weighted by atomic mass is 9.94. The number of Topliss-reactive ketones (excluding diaryl/α,β-unsaturated/α-hetero) is 2. The molecule has 484 valence electrons. The number of nitrogens with two attached hydrogens (primary N) is 1. The molecule has 1 aromatic heterocycles. The van der Waals surface area contributed by atoms with E-state index in [0.717, 1.165) is 30.3 Å². The van der Waals surface area contributed by atoms with Crippen LogP contribution in [0.25, 0.3) is 0 Å². The van der Waals surface area contributed by atoms with Gasteiger partial charge in [0, 0.05) is 88.9 Å². The van der Waals surface area contributed by atoms with Gasteiger partial charge in [0.15, 0.2) is 11.9 Å². The highest BCUT2D eigenvalue weighted by Gasteiger charge is 2.49. The van der Waals surface area contributed by atoms with Crippen LogP contribution in [0.2, 0.25) is 0 Å². The van der Waals surface area contributed by atoms with E-state index in [2.05, 4.69) is 45.5 Å². The third-order valence-corrected chi connectivity index (χ3v) is 15.5. The van der Waals surface area contributed by atoms with E-state index in [4.69, 9.17) is 39.2 Å². The standard InChI is InChI=1S/C53H91N9O21P2/c1-37-38(34-46(67)57-37)14-6-3-7-16-40(63)18-13-26-77-28-30-79-32-33-80-31-29-78-27-22-41(64)17-8-4-9-19-42(58-45(66)20-10-5-11-24-55-44(65)21-23-53(2)60-61-53)50(69)56-25-12-15-39-35-62(52(70)59-49(39)54)51-47(68)48(83-85(74,75)76)43(82-51)36-81-84(71,72)73/h35,37-38,42-43,47-48,51,68H,3-34,36H2,1-2H3,(H,55,65)(H,56,69)(H,57,67)(H,58,66)(H2,54,59,70)(H2,71,72,73)(H2,74,75,76)/t37-,38-,42-,43+,47?,48-,51+/m0/s1. The van der Waals surface area contributed by atoms with E-state index in [1.807, 2.05) is 13.8 Å². The summed E-state index contributed by atoms with van der Waals surface area (Å²) in [6.45, 7) is 6.37. The molecule has 30 nitrogen and oxygen atoms in total. The van der Waals surface area contributed by atoms with Crippen molar-refractivity contribution in [2.45, 2.75) is 197 Å². The van der Waals surface area contributed by atoms with Crippen LogP contribution >= 0.6 is 15.6 Å². The second-order valence-corrected chi connectivity index (χ2v) is 24.2. The van der Waals surface area contributed by atoms with Crippen molar-refractivity contribution in [3.63, 3.8) is 0 Å². The molecule has 0 bridgehead atoms. The van der Waals surface area contributed by atoms with Crippen molar-refractivity contribution in [2.75, 3.05) is 78.3 Å². The summed E-state index contributed by atoms with van der Waals surface area (Å²) >= 11 is 0. The van der Waals surface area contributed by atoms with Gasteiger partial charge >= 0.3 is 21.3 Å². The minimum atomic E-state index is -5.31. The monoisotopic (exact) mass is 1250 g/mol. The van der Waals surface area contributed by atoms with E-state index >= 15 is 0 Å². The van der Waals surface area contributed by atoms with Crippen LogP contribution in [0.5, 0.6) is 0 Å². The van der Waals surface area contributed by atoms with E-state index < -0.39 is 70.1 Å². The number of unbranched alkanes of at least 4 members (excludes halogenated alkanes) is 6. The van der Waals surface area contributed by atoms with Gasteiger partial charge in [0.25, 0.3) is 0 Å². The highest BCUT2D eigenvalue weighted by atomic mass is 31.2. The van der Waals surface area contributed by atoms with Crippen molar-refractivity contribution >= 4 is 56.7 Å². The van der Waals surface area contributed by atoms with Crippen LogP contribution in [0.4, 0.5) is 5.82 Å². The highest BCUT2D eigenvalue weighted by Crippen LogP contribution is 2.45. The molecule has 32 heteroatoms. The lowest BCUT2D eigenvalue weighted by Gasteiger charge is -2.21. The van der Waals surface area contributed by atoms with Gasteiger partial charge in [-0.15, -0.1) is 0 Å². The summed E-state index contributed by atoms with van der Waals surface area (Å²) < 4.78 is 60.6. The third-order valence-electron chi connectivity index (χ3n) is 14.5. The fraction of sp³-hybridized carbons (Fsp3) is 0.811. The molecule has 0 aliphatic carbocycles. The minimum Gasteiger partial charge on any atom is -0.386 e. The number of amides is 4. The van der Waals surface area contributed by atoms with Crippen LogP contribution in [0, 0.1) is 5.92 Å². The SMILES string of the molecule is C[C@@H]1NC(=O)C[C@@H]1CCCCCC(=O)CCCOCCOCCOCCOCCC(=O)CCCCC[C@H](NC(=O)CCCCCNC(=O)CCC1(C)N=N1)C(=O)NCCCc1cn([C@@H]2O[C@H](COP(=O)(O)O)[C@H](OP(=O)(O)O)C2O)c(=O)nc1N. The second-order valence-electron chi connectivity index (χ2n) is 21.7. The maximum absolute atomic E-state index is 13.6. The van der Waals surface area contributed by atoms with Gasteiger partial charge in [-0.1, -0.05) is 32.1 Å². The van der Waals surface area contributed by atoms with E-state index in [-0.39, 0.29) is 92.0 Å². The van der Waals surface area contributed by atoms with Crippen molar-refractivity contribution in [1.82, 2.24) is 30.8 Å². The first-order valence-electron chi connectivity index (χ1n) is 29.5. The van der Waals surface area contributed by atoms with Crippen molar-refractivity contribution in [3.8, 4) is 0 Å². The molecule has 0 spiro atoms. The number of nitrogen functional groups attached to an aromatic ring is 1. The zero-order chi connectivity index (χ0) is 62.3. The Balaban J connectivity index is 1.09. The number of aliphatic hydroxyl groups excluding tert-OH is 1. The molecule has 1 aromatic rings. The molecule has 7 atom stereocenters. The Morgan fingerprint density at radius 2 is 1.35 bits per heavy atom.